The van der Waals surface area contributed by atoms with Crippen molar-refractivity contribution in [1.29, 1.82) is 0 Å². The van der Waals surface area contributed by atoms with Crippen LogP contribution < -0.4 is 9.80 Å². The van der Waals surface area contributed by atoms with E-state index >= 15 is 0 Å². The van der Waals surface area contributed by atoms with Crippen LogP contribution in [0.15, 0.2) is 48.5 Å². The Kier molecular flexibility index (Phi) is 5.14. The quantitative estimate of drug-likeness (QED) is 0.837. The van der Waals surface area contributed by atoms with Crippen molar-refractivity contribution in [1.82, 2.24) is 0 Å². The summed E-state index contributed by atoms with van der Waals surface area (Å²) in [4.78, 5) is 3.39. The van der Waals surface area contributed by atoms with Crippen molar-refractivity contribution in [2.45, 2.75) is 20.0 Å². The van der Waals surface area contributed by atoms with Crippen molar-refractivity contribution < 1.29 is 9.80 Å². The van der Waals surface area contributed by atoms with Crippen LogP contribution in [0.4, 0.5) is 0 Å². The molecule has 1 aliphatic rings. The van der Waals surface area contributed by atoms with Gasteiger partial charge in [0.15, 0.2) is 0 Å². The number of piperazine rings is 1. The van der Waals surface area contributed by atoms with E-state index in [1.807, 2.05) is 6.07 Å². The lowest BCUT2D eigenvalue weighted by atomic mass is 10.1. The van der Waals surface area contributed by atoms with Gasteiger partial charge in [-0.05, 0) is 24.6 Å². The van der Waals surface area contributed by atoms with Crippen LogP contribution in [0.2, 0.25) is 5.02 Å². The third kappa shape index (κ3) is 4.10. The number of rotatable bonds is 4. The molecule has 3 rings (SSSR count). The Labute approximate surface area is 138 Å². The minimum absolute atomic E-state index is 0.848. The van der Waals surface area contributed by atoms with E-state index in [1.165, 1.54) is 42.9 Å². The maximum atomic E-state index is 6.08. The summed E-state index contributed by atoms with van der Waals surface area (Å²) in [7, 11) is 0. The largest absolute Gasteiger partial charge is 0.322 e. The summed E-state index contributed by atoms with van der Waals surface area (Å²) in [6, 6.07) is 17.1. The summed E-state index contributed by atoms with van der Waals surface area (Å²) in [6.07, 6.45) is 0. The highest BCUT2D eigenvalue weighted by molar-refractivity contribution is 6.30. The number of hydrogen-bond donors (Lipinski definition) is 2. The molecule has 0 bridgehead atoms. The second-order valence-electron chi connectivity index (χ2n) is 6.41. The molecular formula is C19H25ClN2+2. The highest BCUT2D eigenvalue weighted by atomic mass is 35.5. The first kappa shape index (κ1) is 15.5. The predicted molar refractivity (Wildman–Crippen MR) is 91.4 cm³/mol. The molecule has 2 N–H and O–H groups in total. The van der Waals surface area contributed by atoms with Crippen LogP contribution >= 0.6 is 11.6 Å². The van der Waals surface area contributed by atoms with E-state index in [2.05, 4.69) is 49.4 Å². The molecule has 0 unspecified atom stereocenters. The van der Waals surface area contributed by atoms with Gasteiger partial charge in [0.25, 0.3) is 0 Å². The second-order valence-corrected chi connectivity index (χ2v) is 6.85. The highest BCUT2D eigenvalue weighted by Crippen LogP contribution is 2.09. The van der Waals surface area contributed by atoms with Gasteiger partial charge >= 0.3 is 0 Å². The lowest BCUT2D eigenvalue weighted by Gasteiger charge is -2.30. The van der Waals surface area contributed by atoms with Crippen LogP contribution in [0.25, 0.3) is 0 Å². The fourth-order valence-electron chi connectivity index (χ4n) is 3.32. The maximum absolute atomic E-state index is 6.08. The molecular weight excluding hydrogens is 292 g/mol. The summed E-state index contributed by atoms with van der Waals surface area (Å²) in [6.45, 7) is 9.47. The van der Waals surface area contributed by atoms with Crippen LogP contribution in [-0.4, -0.2) is 26.2 Å². The molecule has 2 aromatic carbocycles. The first-order chi connectivity index (χ1) is 10.7. The lowest BCUT2D eigenvalue weighted by Crippen LogP contribution is -3.27. The molecule has 0 aromatic heterocycles. The predicted octanol–water partition coefficient (Wildman–Crippen LogP) is 1.13. The number of aryl methyl sites for hydroxylation is 1. The van der Waals surface area contributed by atoms with E-state index in [1.54, 1.807) is 9.80 Å². The highest BCUT2D eigenvalue weighted by Gasteiger charge is 2.23. The molecule has 3 heteroatoms. The van der Waals surface area contributed by atoms with Crippen LogP contribution in [0.1, 0.15) is 16.7 Å². The Morgan fingerprint density at radius 2 is 1.55 bits per heavy atom. The first-order valence-corrected chi connectivity index (χ1v) is 8.54. The van der Waals surface area contributed by atoms with Crippen molar-refractivity contribution in [3.8, 4) is 0 Å². The monoisotopic (exact) mass is 316 g/mol. The van der Waals surface area contributed by atoms with Gasteiger partial charge in [0, 0.05) is 16.1 Å². The first-order valence-electron chi connectivity index (χ1n) is 8.17. The van der Waals surface area contributed by atoms with E-state index in [-0.39, 0.29) is 0 Å². The second kappa shape index (κ2) is 7.28. The van der Waals surface area contributed by atoms with Crippen LogP contribution in [0.5, 0.6) is 0 Å². The van der Waals surface area contributed by atoms with Gasteiger partial charge in [0.05, 0.1) is 0 Å². The molecule has 0 radical (unpaired) electrons. The van der Waals surface area contributed by atoms with Gasteiger partial charge in [-0.3, -0.25) is 0 Å². The fraction of sp³-hybridized carbons (Fsp3) is 0.368. The Hall–Kier alpha value is -1.35. The molecule has 1 aliphatic heterocycles. The number of quaternary nitrogens is 2. The third-order valence-electron chi connectivity index (χ3n) is 4.71. The van der Waals surface area contributed by atoms with Gasteiger partial charge in [-0.1, -0.05) is 48.0 Å². The minimum Gasteiger partial charge on any atom is -0.322 e. The number of halogens is 1. The van der Waals surface area contributed by atoms with Gasteiger partial charge < -0.3 is 9.80 Å². The number of hydrogen-bond acceptors (Lipinski definition) is 0. The fourth-order valence-corrected chi connectivity index (χ4v) is 3.54. The van der Waals surface area contributed by atoms with Gasteiger partial charge in [-0.15, -0.1) is 0 Å². The van der Waals surface area contributed by atoms with Gasteiger partial charge in [0.2, 0.25) is 0 Å². The summed E-state index contributed by atoms with van der Waals surface area (Å²) >= 11 is 6.08. The standard InChI is InChI=1S/C19H23ClN2/c1-16-5-2-3-7-18(16)15-22-11-9-21(10-12-22)14-17-6-4-8-19(20)13-17/h2-8,13H,9-12,14-15H2,1H3/p+2. The molecule has 0 amide bonds. The minimum atomic E-state index is 0.848. The summed E-state index contributed by atoms with van der Waals surface area (Å²) < 4.78 is 0. The van der Waals surface area contributed by atoms with Crippen LogP contribution in [-0.2, 0) is 13.1 Å². The van der Waals surface area contributed by atoms with Gasteiger partial charge in [-0.2, -0.15) is 0 Å². The van der Waals surface area contributed by atoms with Gasteiger partial charge in [-0.25, -0.2) is 0 Å². The summed E-state index contributed by atoms with van der Waals surface area (Å²) in [5, 5.41) is 0.848. The van der Waals surface area contributed by atoms with Gasteiger partial charge in [0.1, 0.15) is 39.3 Å². The number of nitrogens with one attached hydrogen (secondary N) is 2. The zero-order chi connectivity index (χ0) is 15.4. The Bertz CT molecular complexity index is 618. The van der Waals surface area contributed by atoms with E-state index in [4.69, 9.17) is 11.6 Å². The smallest absolute Gasteiger partial charge is 0.127 e. The molecule has 0 spiro atoms. The molecule has 1 saturated heterocycles. The van der Waals surface area contributed by atoms with E-state index in [9.17, 15) is 0 Å². The van der Waals surface area contributed by atoms with Crippen molar-refractivity contribution in [2.75, 3.05) is 26.2 Å². The topological polar surface area (TPSA) is 8.88 Å². The molecule has 2 nitrogen and oxygen atoms in total. The van der Waals surface area contributed by atoms with Crippen molar-refractivity contribution >= 4 is 11.6 Å². The molecule has 22 heavy (non-hydrogen) atoms. The average Bonchev–Trinajstić information content (AvgIpc) is 2.52. The summed E-state index contributed by atoms with van der Waals surface area (Å²) in [5.41, 5.74) is 4.27. The zero-order valence-electron chi connectivity index (χ0n) is 13.2. The van der Waals surface area contributed by atoms with Crippen molar-refractivity contribution in [2.24, 2.45) is 0 Å². The van der Waals surface area contributed by atoms with E-state index in [0.717, 1.165) is 18.1 Å². The maximum Gasteiger partial charge on any atom is 0.127 e. The molecule has 1 heterocycles. The van der Waals surface area contributed by atoms with E-state index in [0.29, 0.717) is 0 Å². The molecule has 0 saturated carbocycles. The molecule has 116 valence electrons. The Balaban J connectivity index is 1.51. The lowest BCUT2D eigenvalue weighted by molar-refractivity contribution is -1.02. The SMILES string of the molecule is Cc1ccccc1C[NH+]1CC[NH+](Cc2cccc(Cl)c2)CC1. The molecule has 2 aromatic rings. The zero-order valence-corrected chi connectivity index (χ0v) is 14.0. The van der Waals surface area contributed by atoms with E-state index < -0.39 is 0 Å². The normalized spacial score (nSPS) is 21.7. The third-order valence-corrected chi connectivity index (χ3v) is 4.94. The van der Waals surface area contributed by atoms with Crippen LogP contribution in [0.3, 0.4) is 0 Å². The summed E-state index contributed by atoms with van der Waals surface area (Å²) in [5.74, 6) is 0. The Morgan fingerprint density at radius 3 is 2.23 bits per heavy atom. The number of benzene rings is 2. The van der Waals surface area contributed by atoms with Crippen molar-refractivity contribution in [3.05, 3.63) is 70.2 Å². The van der Waals surface area contributed by atoms with Crippen molar-refractivity contribution in [3.63, 3.8) is 0 Å². The molecule has 0 aliphatic carbocycles. The van der Waals surface area contributed by atoms with Crippen LogP contribution in [0, 0.1) is 6.92 Å². The Morgan fingerprint density at radius 1 is 0.864 bits per heavy atom. The molecule has 0 atom stereocenters. The average molecular weight is 317 g/mol. The molecule has 1 fully saturated rings.